The lowest BCUT2D eigenvalue weighted by molar-refractivity contribution is 0.102. The van der Waals surface area contributed by atoms with Gasteiger partial charge < -0.3 is 9.84 Å². The molecule has 2 rings (SSSR count). The zero-order valence-corrected chi connectivity index (χ0v) is 10.2. The number of rotatable bonds is 3. The summed E-state index contributed by atoms with van der Waals surface area (Å²) in [7, 11) is 0. The van der Waals surface area contributed by atoms with Crippen LogP contribution in [0.3, 0.4) is 0 Å². The monoisotopic (exact) mass is 254 g/mol. The number of carbonyl (C=O) groups excluding carboxylic acids is 1. The Morgan fingerprint density at radius 3 is 2.94 bits per heavy atom. The number of hydrogen-bond acceptors (Lipinski definition) is 4. The van der Waals surface area contributed by atoms with E-state index >= 15 is 0 Å². The van der Waals surface area contributed by atoms with Gasteiger partial charge in [0, 0.05) is 18.8 Å². The van der Waals surface area contributed by atoms with Gasteiger partial charge in [0.05, 0.1) is 5.02 Å². The average Bonchev–Trinajstić information content (AvgIpc) is 2.85. The minimum Gasteiger partial charge on any atom is -0.360 e. The number of aromatic nitrogens is 3. The summed E-state index contributed by atoms with van der Waals surface area (Å²) in [4.78, 5) is 11.8. The molecule has 0 unspecified atom stereocenters. The van der Waals surface area contributed by atoms with E-state index in [2.05, 4.69) is 15.6 Å². The van der Waals surface area contributed by atoms with Crippen LogP contribution in [0.25, 0.3) is 0 Å². The average molecular weight is 255 g/mol. The van der Waals surface area contributed by atoms with Crippen molar-refractivity contribution in [2.24, 2.45) is 0 Å². The van der Waals surface area contributed by atoms with Crippen molar-refractivity contribution in [2.75, 3.05) is 5.32 Å². The van der Waals surface area contributed by atoms with Crippen molar-refractivity contribution >= 4 is 23.3 Å². The van der Waals surface area contributed by atoms with Crippen LogP contribution >= 0.6 is 11.6 Å². The van der Waals surface area contributed by atoms with E-state index in [9.17, 15) is 4.79 Å². The highest BCUT2D eigenvalue weighted by Crippen LogP contribution is 2.16. The van der Waals surface area contributed by atoms with Crippen LogP contribution in [0.5, 0.6) is 0 Å². The van der Waals surface area contributed by atoms with Crippen molar-refractivity contribution in [1.82, 2.24) is 14.9 Å². The normalized spacial score (nSPS) is 10.5. The highest BCUT2D eigenvalue weighted by molar-refractivity contribution is 6.34. The molecule has 1 N–H and O–H groups in total. The van der Waals surface area contributed by atoms with E-state index in [0.717, 1.165) is 0 Å². The molecule has 90 valence electrons. The van der Waals surface area contributed by atoms with Gasteiger partial charge in [0.25, 0.3) is 5.91 Å². The van der Waals surface area contributed by atoms with Gasteiger partial charge in [-0.25, -0.2) is 0 Å². The van der Waals surface area contributed by atoms with Crippen LogP contribution < -0.4 is 5.32 Å². The van der Waals surface area contributed by atoms with Crippen LogP contribution in [0, 0.1) is 6.92 Å². The highest BCUT2D eigenvalue weighted by atomic mass is 35.5. The molecule has 6 nitrogen and oxygen atoms in total. The second-order valence-corrected chi connectivity index (χ2v) is 3.87. The van der Waals surface area contributed by atoms with E-state index in [0.29, 0.717) is 23.1 Å². The molecule has 2 aromatic rings. The SMILES string of the molecule is CCn1cc(Cl)c(C(=O)Nc2cc(C)on2)n1. The van der Waals surface area contributed by atoms with Crippen molar-refractivity contribution in [3.05, 3.63) is 28.7 Å². The molecule has 1 amide bonds. The first-order valence-electron chi connectivity index (χ1n) is 5.07. The van der Waals surface area contributed by atoms with Gasteiger partial charge in [0.2, 0.25) is 0 Å². The summed E-state index contributed by atoms with van der Waals surface area (Å²) < 4.78 is 6.42. The quantitative estimate of drug-likeness (QED) is 0.910. The zero-order chi connectivity index (χ0) is 12.4. The van der Waals surface area contributed by atoms with Gasteiger partial charge >= 0.3 is 0 Å². The predicted molar refractivity (Wildman–Crippen MR) is 62.1 cm³/mol. The molecule has 0 aliphatic heterocycles. The summed E-state index contributed by atoms with van der Waals surface area (Å²) in [5, 5.41) is 10.6. The van der Waals surface area contributed by atoms with Gasteiger partial charge in [-0.2, -0.15) is 5.10 Å². The van der Waals surface area contributed by atoms with E-state index < -0.39 is 5.91 Å². The Morgan fingerprint density at radius 2 is 2.41 bits per heavy atom. The van der Waals surface area contributed by atoms with E-state index in [1.54, 1.807) is 23.9 Å². The third-order valence-corrected chi connectivity index (χ3v) is 2.40. The van der Waals surface area contributed by atoms with Crippen molar-refractivity contribution in [2.45, 2.75) is 20.4 Å². The van der Waals surface area contributed by atoms with Gasteiger partial charge in [-0.05, 0) is 13.8 Å². The topological polar surface area (TPSA) is 73.0 Å². The molecule has 17 heavy (non-hydrogen) atoms. The maximum absolute atomic E-state index is 11.8. The number of nitrogens with one attached hydrogen (secondary N) is 1. The first kappa shape index (κ1) is 11.7. The van der Waals surface area contributed by atoms with Crippen molar-refractivity contribution < 1.29 is 9.32 Å². The van der Waals surface area contributed by atoms with Crippen molar-refractivity contribution in [3.63, 3.8) is 0 Å². The Morgan fingerprint density at radius 1 is 1.65 bits per heavy atom. The lowest BCUT2D eigenvalue weighted by Gasteiger charge is -1.97. The van der Waals surface area contributed by atoms with Crippen LogP contribution in [-0.2, 0) is 6.54 Å². The number of amides is 1. The molecular weight excluding hydrogens is 244 g/mol. The van der Waals surface area contributed by atoms with Crippen LogP contribution in [0.4, 0.5) is 5.82 Å². The fourth-order valence-electron chi connectivity index (χ4n) is 1.31. The standard InChI is InChI=1S/C10H11ClN4O2/c1-3-15-5-7(11)9(13-15)10(16)12-8-4-6(2)17-14-8/h4-5H,3H2,1-2H3,(H,12,14,16). The van der Waals surface area contributed by atoms with E-state index in [1.165, 1.54) is 0 Å². The smallest absolute Gasteiger partial charge is 0.278 e. The summed E-state index contributed by atoms with van der Waals surface area (Å²) in [5.74, 6) is 0.551. The second-order valence-electron chi connectivity index (χ2n) is 3.46. The molecule has 0 fully saturated rings. The Bertz CT molecular complexity index is 546. The number of carbonyl (C=O) groups is 1. The summed E-state index contributed by atoms with van der Waals surface area (Å²) in [5.41, 5.74) is 0.175. The zero-order valence-electron chi connectivity index (χ0n) is 9.40. The summed E-state index contributed by atoms with van der Waals surface area (Å²) in [6, 6.07) is 1.61. The lowest BCUT2D eigenvalue weighted by Crippen LogP contribution is -2.13. The molecule has 0 aromatic carbocycles. The van der Waals surface area contributed by atoms with E-state index in [4.69, 9.17) is 16.1 Å². The first-order chi connectivity index (χ1) is 8.10. The largest absolute Gasteiger partial charge is 0.360 e. The van der Waals surface area contributed by atoms with Gasteiger partial charge in [-0.1, -0.05) is 16.8 Å². The van der Waals surface area contributed by atoms with Gasteiger partial charge in [-0.15, -0.1) is 0 Å². The van der Waals surface area contributed by atoms with Crippen LogP contribution in [0.1, 0.15) is 23.2 Å². The van der Waals surface area contributed by atoms with Crippen LogP contribution in [-0.4, -0.2) is 20.8 Å². The summed E-state index contributed by atoms with van der Waals surface area (Å²) in [6.45, 7) is 4.30. The van der Waals surface area contributed by atoms with E-state index in [1.807, 2.05) is 6.92 Å². The highest BCUT2D eigenvalue weighted by Gasteiger charge is 2.16. The van der Waals surface area contributed by atoms with Gasteiger partial charge in [0.15, 0.2) is 11.5 Å². The number of nitrogens with zero attached hydrogens (tertiary/aromatic N) is 3. The number of hydrogen-bond donors (Lipinski definition) is 1. The maximum atomic E-state index is 11.8. The lowest BCUT2D eigenvalue weighted by atomic mass is 10.4. The molecule has 2 heterocycles. The third kappa shape index (κ3) is 2.47. The number of anilines is 1. The molecule has 2 aromatic heterocycles. The molecular formula is C10H11ClN4O2. The van der Waals surface area contributed by atoms with Crippen LogP contribution in [0.15, 0.2) is 16.8 Å². The molecule has 0 bridgehead atoms. The minimum atomic E-state index is -0.407. The maximum Gasteiger partial charge on any atom is 0.278 e. The van der Waals surface area contributed by atoms with E-state index in [-0.39, 0.29) is 5.69 Å². The first-order valence-corrected chi connectivity index (χ1v) is 5.45. The van der Waals surface area contributed by atoms with Gasteiger partial charge in [-0.3, -0.25) is 9.48 Å². The molecule has 0 radical (unpaired) electrons. The number of halogens is 1. The van der Waals surface area contributed by atoms with Crippen molar-refractivity contribution in [1.29, 1.82) is 0 Å². The fourth-order valence-corrected chi connectivity index (χ4v) is 1.55. The Balaban J connectivity index is 2.16. The summed E-state index contributed by atoms with van der Waals surface area (Å²) in [6.07, 6.45) is 1.60. The second kappa shape index (κ2) is 4.58. The molecule has 0 spiro atoms. The van der Waals surface area contributed by atoms with Crippen molar-refractivity contribution in [3.8, 4) is 0 Å². The van der Waals surface area contributed by atoms with Crippen LogP contribution in [0.2, 0.25) is 5.02 Å². The Kier molecular flexibility index (Phi) is 3.14. The molecule has 0 saturated heterocycles. The molecule has 0 aliphatic carbocycles. The predicted octanol–water partition coefficient (Wildman–Crippen LogP) is 2.11. The number of aryl methyl sites for hydroxylation is 2. The molecule has 0 atom stereocenters. The molecule has 0 saturated carbocycles. The molecule has 7 heteroatoms. The Labute approximate surface area is 103 Å². The summed E-state index contributed by atoms with van der Waals surface area (Å²) >= 11 is 5.90. The third-order valence-electron chi connectivity index (χ3n) is 2.13. The fraction of sp³-hybridized carbons (Fsp3) is 0.300. The minimum absolute atomic E-state index is 0.175. The Hall–Kier alpha value is -1.82. The van der Waals surface area contributed by atoms with Gasteiger partial charge in [0.1, 0.15) is 5.76 Å². The molecule has 0 aliphatic rings.